The van der Waals surface area contributed by atoms with Crippen molar-refractivity contribution < 1.29 is 9.90 Å². The number of halogens is 1. The lowest BCUT2D eigenvalue weighted by molar-refractivity contribution is -0.119. The van der Waals surface area contributed by atoms with Crippen molar-refractivity contribution in [3.8, 4) is 0 Å². The van der Waals surface area contributed by atoms with Crippen molar-refractivity contribution in [3.63, 3.8) is 0 Å². The van der Waals surface area contributed by atoms with Crippen LogP contribution in [0.1, 0.15) is 18.1 Å². The summed E-state index contributed by atoms with van der Waals surface area (Å²) >= 11 is 5.79. The smallest absolute Gasteiger partial charge is 0.220 e. The number of carbonyl (C=O) groups excluding carboxylic acids is 1. The van der Waals surface area contributed by atoms with Crippen molar-refractivity contribution in [2.24, 2.45) is 5.73 Å². The zero-order valence-electron chi connectivity index (χ0n) is 6.90. The highest BCUT2D eigenvalue weighted by molar-refractivity contribution is 6.31. The molecule has 1 aromatic carbocycles. The van der Waals surface area contributed by atoms with Crippen LogP contribution in [0.3, 0.4) is 0 Å². The molecule has 1 aromatic rings. The summed E-state index contributed by atoms with van der Waals surface area (Å²) in [7, 11) is 0. The van der Waals surface area contributed by atoms with Gasteiger partial charge in [-0.2, -0.15) is 0 Å². The number of carbonyl (C=O) groups is 1. The Kier molecular flexibility index (Phi) is 3.28. The van der Waals surface area contributed by atoms with E-state index in [9.17, 15) is 9.90 Å². The Labute approximate surface area is 81.1 Å². The molecule has 0 fully saturated rings. The second-order valence-electron chi connectivity index (χ2n) is 2.71. The number of hydrogen-bond acceptors (Lipinski definition) is 2. The lowest BCUT2D eigenvalue weighted by Gasteiger charge is -2.09. The highest BCUT2D eigenvalue weighted by Crippen LogP contribution is 2.24. The van der Waals surface area contributed by atoms with Crippen molar-refractivity contribution in [3.05, 3.63) is 34.9 Å². The number of primary amides is 1. The number of aliphatic hydroxyl groups excluding tert-OH is 1. The van der Waals surface area contributed by atoms with Crippen LogP contribution >= 0.6 is 11.6 Å². The van der Waals surface area contributed by atoms with Gasteiger partial charge in [-0.15, -0.1) is 0 Å². The van der Waals surface area contributed by atoms with Gasteiger partial charge in [0, 0.05) is 5.02 Å². The van der Waals surface area contributed by atoms with Crippen molar-refractivity contribution in [1.29, 1.82) is 0 Å². The van der Waals surface area contributed by atoms with Crippen LogP contribution in [0.25, 0.3) is 0 Å². The van der Waals surface area contributed by atoms with Crippen LogP contribution in [-0.2, 0) is 4.79 Å². The molecule has 1 rings (SSSR count). The Bertz CT molecular complexity index is 314. The minimum absolute atomic E-state index is 0.107. The van der Waals surface area contributed by atoms with E-state index < -0.39 is 12.0 Å². The number of nitrogens with two attached hydrogens (primary N) is 1. The van der Waals surface area contributed by atoms with Crippen molar-refractivity contribution >= 4 is 17.5 Å². The molecule has 0 heterocycles. The molecule has 1 amide bonds. The largest absolute Gasteiger partial charge is 0.388 e. The molecule has 1 unspecified atom stereocenters. The molecule has 13 heavy (non-hydrogen) atoms. The number of benzene rings is 1. The van der Waals surface area contributed by atoms with E-state index >= 15 is 0 Å². The molecule has 0 aliphatic rings. The summed E-state index contributed by atoms with van der Waals surface area (Å²) < 4.78 is 0. The van der Waals surface area contributed by atoms with Gasteiger partial charge >= 0.3 is 0 Å². The van der Waals surface area contributed by atoms with Gasteiger partial charge in [0.2, 0.25) is 5.91 Å². The first-order valence-electron chi connectivity index (χ1n) is 3.82. The minimum Gasteiger partial charge on any atom is -0.388 e. The van der Waals surface area contributed by atoms with Crippen LogP contribution in [0.2, 0.25) is 5.02 Å². The molecule has 0 aromatic heterocycles. The van der Waals surface area contributed by atoms with Gasteiger partial charge in [0.15, 0.2) is 0 Å². The van der Waals surface area contributed by atoms with Gasteiger partial charge in [0.1, 0.15) is 0 Å². The van der Waals surface area contributed by atoms with E-state index in [1.165, 1.54) is 0 Å². The standard InChI is InChI=1S/C9H10ClNO2/c10-7-4-2-1-3-6(7)8(12)5-9(11)13/h1-4,8,12H,5H2,(H2,11,13). The quantitative estimate of drug-likeness (QED) is 0.770. The molecular weight excluding hydrogens is 190 g/mol. The Morgan fingerprint density at radius 2 is 2.15 bits per heavy atom. The maximum Gasteiger partial charge on any atom is 0.220 e. The number of amides is 1. The van der Waals surface area contributed by atoms with E-state index in [2.05, 4.69) is 0 Å². The summed E-state index contributed by atoms with van der Waals surface area (Å²) in [5.74, 6) is -0.549. The molecule has 4 heteroatoms. The summed E-state index contributed by atoms with van der Waals surface area (Å²) in [5, 5.41) is 9.93. The molecule has 0 radical (unpaired) electrons. The Morgan fingerprint density at radius 3 is 2.69 bits per heavy atom. The zero-order valence-corrected chi connectivity index (χ0v) is 7.66. The molecule has 0 aliphatic carbocycles. The van der Waals surface area contributed by atoms with Crippen molar-refractivity contribution in [1.82, 2.24) is 0 Å². The highest BCUT2D eigenvalue weighted by atomic mass is 35.5. The van der Waals surface area contributed by atoms with Gasteiger partial charge in [-0.05, 0) is 11.6 Å². The first-order chi connectivity index (χ1) is 6.11. The normalized spacial score (nSPS) is 12.5. The molecule has 3 nitrogen and oxygen atoms in total. The fraction of sp³-hybridized carbons (Fsp3) is 0.222. The van der Waals surface area contributed by atoms with E-state index in [0.717, 1.165) is 0 Å². The molecule has 0 aliphatic heterocycles. The fourth-order valence-corrected chi connectivity index (χ4v) is 1.31. The van der Waals surface area contributed by atoms with E-state index in [4.69, 9.17) is 17.3 Å². The summed E-state index contributed by atoms with van der Waals surface area (Å²) in [5.41, 5.74) is 5.47. The maximum atomic E-state index is 10.5. The molecule has 1 atom stereocenters. The van der Waals surface area contributed by atoms with Gasteiger partial charge in [0.25, 0.3) is 0 Å². The van der Waals surface area contributed by atoms with Crippen LogP contribution < -0.4 is 5.73 Å². The molecule has 0 spiro atoms. The summed E-state index contributed by atoms with van der Waals surface area (Å²) in [4.78, 5) is 10.5. The van der Waals surface area contributed by atoms with E-state index in [1.54, 1.807) is 24.3 Å². The van der Waals surface area contributed by atoms with Gasteiger partial charge in [-0.3, -0.25) is 4.79 Å². The van der Waals surface area contributed by atoms with Gasteiger partial charge in [0.05, 0.1) is 12.5 Å². The third-order valence-corrected chi connectivity index (χ3v) is 2.00. The minimum atomic E-state index is -0.911. The molecule has 0 saturated heterocycles. The molecule has 3 N–H and O–H groups in total. The van der Waals surface area contributed by atoms with Crippen LogP contribution in [-0.4, -0.2) is 11.0 Å². The predicted molar refractivity (Wildman–Crippen MR) is 50.2 cm³/mol. The summed E-state index contributed by atoms with van der Waals surface area (Å²) in [6, 6.07) is 6.81. The third-order valence-electron chi connectivity index (χ3n) is 1.66. The van der Waals surface area contributed by atoms with Crippen molar-refractivity contribution in [2.45, 2.75) is 12.5 Å². The Balaban J connectivity index is 2.82. The van der Waals surface area contributed by atoms with E-state index in [-0.39, 0.29) is 6.42 Å². The second-order valence-corrected chi connectivity index (χ2v) is 3.11. The lowest BCUT2D eigenvalue weighted by atomic mass is 10.1. The topological polar surface area (TPSA) is 63.3 Å². The number of hydrogen-bond donors (Lipinski definition) is 2. The molecule has 0 saturated carbocycles. The maximum absolute atomic E-state index is 10.5. The average molecular weight is 200 g/mol. The fourth-order valence-electron chi connectivity index (χ4n) is 1.05. The van der Waals surface area contributed by atoms with Crippen LogP contribution in [0.4, 0.5) is 0 Å². The van der Waals surface area contributed by atoms with E-state index in [1.807, 2.05) is 0 Å². The Morgan fingerprint density at radius 1 is 1.54 bits per heavy atom. The van der Waals surface area contributed by atoms with Crippen molar-refractivity contribution in [2.75, 3.05) is 0 Å². The predicted octanol–water partition coefficient (Wildman–Crippen LogP) is 1.25. The number of aliphatic hydroxyl groups is 1. The second kappa shape index (κ2) is 4.25. The SMILES string of the molecule is NC(=O)CC(O)c1ccccc1Cl. The summed E-state index contributed by atoms with van der Waals surface area (Å²) in [6.45, 7) is 0. The molecular formula is C9H10ClNO2. The first-order valence-corrected chi connectivity index (χ1v) is 4.20. The van der Waals surface area contributed by atoms with Crippen LogP contribution in [0.5, 0.6) is 0 Å². The van der Waals surface area contributed by atoms with Crippen LogP contribution in [0, 0.1) is 0 Å². The number of rotatable bonds is 3. The monoisotopic (exact) mass is 199 g/mol. The third kappa shape index (κ3) is 2.72. The molecule has 0 bridgehead atoms. The zero-order chi connectivity index (χ0) is 9.84. The Hall–Kier alpha value is -1.06. The summed E-state index contributed by atoms with van der Waals surface area (Å²) in [6.07, 6.45) is -1.02. The average Bonchev–Trinajstić information content (AvgIpc) is 2.03. The highest BCUT2D eigenvalue weighted by Gasteiger charge is 2.12. The molecule has 70 valence electrons. The van der Waals surface area contributed by atoms with Crippen LogP contribution in [0.15, 0.2) is 24.3 Å². The lowest BCUT2D eigenvalue weighted by Crippen LogP contribution is -2.15. The van der Waals surface area contributed by atoms with Gasteiger partial charge < -0.3 is 10.8 Å². The van der Waals surface area contributed by atoms with Gasteiger partial charge in [-0.25, -0.2) is 0 Å². The van der Waals surface area contributed by atoms with Gasteiger partial charge in [-0.1, -0.05) is 29.8 Å². The first kappa shape index (κ1) is 10.0. The van der Waals surface area contributed by atoms with E-state index in [0.29, 0.717) is 10.6 Å².